The number of nitrogens with zero attached hydrogens (tertiary/aromatic N) is 2. The SMILES string of the molecule is CC(C)(C)OC(=O)N1CCC(Oc2cc(C(C)(C)C)ccc2C(=O)Nc2ccc(Cl)cc2C(=O)Nc2ccc(Cl)cn2)CC1. The number of anilines is 2. The number of hydrogen-bond acceptors (Lipinski definition) is 6. The Morgan fingerprint density at radius 2 is 1.50 bits per heavy atom. The molecule has 11 heteroatoms. The summed E-state index contributed by atoms with van der Waals surface area (Å²) in [5.74, 6) is -0.236. The molecule has 1 fully saturated rings. The van der Waals surface area contributed by atoms with E-state index in [9.17, 15) is 14.4 Å². The third-order valence-electron chi connectivity index (χ3n) is 6.92. The number of piperidine rings is 1. The molecule has 2 aromatic carbocycles. The first kappa shape index (κ1) is 33.1. The van der Waals surface area contributed by atoms with Gasteiger partial charge in [-0.25, -0.2) is 9.78 Å². The maximum Gasteiger partial charge on any atom is 0.410 e. The second kappa shape index (κ2) is 13.4. The highest BCUT2D eigenvalue weighted by atomic mass is 35.5. The molecule has 234 valence electrons. The highest BCUT2D eigenvalue weighted by Gasteiger charge is 2.29. The van der Waals surface area contributed by atoms with Crippen LogP contribution in [0.15, 0.2) is 54.7 Å². The minimum absolute atomic E-state index is 0.158. The maximum absolute atomic E-state index is 13.7. The van der Waals surface area contributed by atoms with Gasteiger partial charge < -0.3 is 25.0 Å². The predicted octanol–water partition coefficient (Wildman–Crippen LogP) is 7.97. The molecule has 1 aliphatic heterocycles. The lowest BCUT2D eigenvalue weighted by Gasteiger charge is -2.34. The summed E-state index contributed by atoms with van der Waals surface area (Å²) in [6.07, 6.45) is 2.03. The summed E-state index contributed by atoms with van der Waals surface area (Å²) in [7, 11) is 0. The number of carbonyl (C=O) groups is 3. The van der Waals surface area contributed by atoms with E-state index in [0.29, 0.717) is 53.1 Å². The molecule has 0 radical (unpaired) electrons. The van der Waals surface area contributed by atoms with Crippen molar-refractivity contribution >= 4 is 52.6 Å². The molecule has 0 aliphatic carbocycles. The van der Waals surface area contributed by atoms with Crippen LogP contribution in [-0.2, 0) is 10.2 Å². The number of likely N-dealkylation sites (tertiary alicyclic amines) is 1. The molecular weight excluding hydrogens is 603 g/mol. The lowest BCUT2D eigenvalue weighted by atomic mass is 9.86. The first-order valence-electron chi connectivity index (χ1n) is 14.4. The van der Waals surface area contributed by atoms with Gasteiger partial charge in [-0.2, -0.15) is 0 Å². The van der Waals surface area contributed by atoms with E-state index in [1.165, 1.54) is 12.3 Å². The Morgan fingerprint density at radius 3 is 2.11 bits per heavy atom. The first-order valence-corrected chi connectivity index (χ1v) is 15.2. The second-order valence-corrected chi connectivity index (χ2v) is 13.6. The molecule has 0 atom stereocenters. The lowest BCUT2D eigenvalue weighted by Crippen LogP contribution is -2.44. The third kappa shape index (κ3) is 8.86. The normalized spacial score (nSPS) is 14.1. The van der Waals surface area contributed by atoms with Crippen LogP contribution in [0.3, 0.4) is 0 Å². The molecule has 0 spiro atoms. The summed E-state index contributed by atoms with van der Waals surface area (Å²) in [5.41, 5.74) is 0.973. The number of aromatic nitrogens is 1. The zero-order valence-corrected chi connectivity index (χ0v) is 27.3. The molecule has 1 saturated heterocycles. The van der Waals surface area contributed by atoms with Gasteiger partial charge in [0.2, 0.25) is 0 Å². The number of amides is 3. The van der Waals surface area contributed by atoms with Crippen LogP contribution in [0.2, 0.25) is 10.0 Å². The quantitative estimate of drug-likeness (QED) is 0.283. The van der Waals surface area contributed by atoms with Crippen molar-refractivity contribution in [1.82, 2.24) is 9.88 Å². The van der Waals surface area contributed by atoms with Crippen LogP contribution in [0.5, 0.6) is 5.75 Å². The van der Waals surface area contributed by atoms with Gasteiger partial charge in [-0.1, -0.05) is 50.0 Å². The predicted molar refractivity (Wildman–Crippen MR) is 173 cm³/mol. The molecule has 0 saturated carbocycles. The third-order valence-corrected chi connectivity index (χ3v) is 7.38. The minimum Gasteiger partial charge on any atom is -0.489 e. The Labute approximate surface area is 268 Å². The average molecular weight is 642 g/mol. The van der Waals surface area contributed by atoms with E-state index in [4.69, 9.17) is 32.7 Å². The van der Waals surface area contributed by atoms with Crippen molar-refractivity contribution in [2.75, 3.05) is 23.7 Å². The lowest BCUT2D eigenvalue weighted by molar-refractivity contribution is 0.0126. The van der Waals surface area contributed by atoms with Crippen LogP contribution < -0.4 is 15.4 Å². The summed E-state index contributed by atoms with van der Waals surface area (Å²) < 4.78 is 11.9. The fourth-order valence-electron chi connectivity index (χ4n) is 4.57. The van der Waals surface area contributed by atoms with Crippen LogP contribution in [0, 0.1) is 0 Å². The van der Waals surface area contributed by atoms with Crippen LogP contribution in [0.4, 0.5) is 16.3 Å². The van der Waals surface area contributed by atoms with Gasteiger partial charge in [-0.3, -0.25) is 9.59 Å². The number of nitrogens with one attached hydrogen (secondary N) is 2. The fraction of sp³-hybridized carbons (Fsp3) is 0.394. The zero-order chi connectivity index (χ0) is 32.2. The molecule has 2 N–H and O–H groups in total. The molecule has 0 unspecified atom stereocenters. The number of halogens is 2. The van der Waals surface area contributed by atoms with E-state index < -0.39 is 17.4 Å². The summed E-state index contributed by atoms with van der Waals surface area (Å²) in [4.78, 5) is 45.2. The highest BCUT2D eigenvalue weighted by Crippen LogP contribution is 2.32. The second-order valence-electron chi connectivity index (χ2n) is 12.7. The molecule has 4 rings (SSSR count). The average Bonchev–Trinajstić information content (AvgIpc) is 2.94. The summed E-state index contributed by atoms with van der Waals surface area (Å²) in [6.45, 7) is 12.7. The molecule has 1 aliphatic rings. The highest BCUT2D eigenvalue weighted by molar-refractivity contribution is 6.31. The zero-order valence-electron chi connectivity index (χ0n) is 25.8. The van der Waals surface area contributed by atoms with E-state index in [1.807, 2.05) is 32.9 Å². The molecule has 9 nitrogen and oxygen atoms in total. The Kier molecular flexibility index (Phi) is 10.1. The van der Waals surface area contributed by atoms with Crippen LogP contribution in [0.25, 0.3) is 0 Å². The fourth-order valence-corrected chi connectivity index (χ4v) is 4.86. The smallest absolute Gasteiger partial charge is 0.410 e. The number of benzene rings is 2. The van der Waals surface area contributed by atoms with Crippen LogP contribution in [0.1, 0.15) is 80.7 Å². The van der Waals surface area contributed by atoms with Gasteiger partial charge in [0.05, 0.1) is 21.8 Å². The Morgan fingerprint density at radius 1 is 0.841 bits per heavy atom. The molecule has 2 heterocycles. The summed E-state index contributed by atoms with van der Waals surface area (Å²) in [6, 6.07) is 13.3. The molecule has 3 aromatic rings. The molecule has 3 amide bonds. The van der Waals surface area contributed by atoms with Gasteiger partial charge in [0.1, 0.15) is 23.3 Å². The summed E-state index contributed by atoms with van der Waals surface area (Å²) in [5, 5.41) is 6.32. The topological polar surface area (TPSA) is 110 Å². The Bertz CT molecular complexity index is 1520. The van der Waals surface area contributed by atoms with Gasteiger partial charge in [0.25, 0.3) is 11.8 Å². The Hall–Kier alpha value is -3.82. The standard InChI is InChI=1S/C33H38Cl2N4O5/c1-32(2,3)20-7-10-24(27(17-20)43-23-13-15-39(16-14-23)31(42)44-33(4,5)6)29(40)37-26-11-8-21(34)18-25(26)30(41)38-28-12-9-22(35)19-36-28/h7-12,17-19,23H,13-16H2,1-6H3,(H,37,40)(H,36,38,41). The van der Waals surface area contributed by atoms with E-state index >= 15 is 0 Å². The largest absolute Gasteiger partial charge is 0.489 e. The minimum atomic E-state index is -0.572. The molecular formula is C33H38Cl2N4O5. The van der Waals surface area contributed by atoms with Crippen molar-refractivity contribution in [3.63, 3.8) is 0 Å². The number of ether oxygens (including phenoxy) is 2. The number of hydrogen-bond donors (Lipinski definition) is 2. The van der Waals surface area contributed by atoms with Crippen LogP contribution in [-0.4, -0.2) is 52.6 Å². The van der Waals surface area contributed by atoms with Gasteiger partial charge in [0, 0.05) is 37.2 Å². The van der Waals surface area contributed by atoms with Gasteiger partial charge >= 0.3 is 6.09 Å². The number of carbonyl (C=O) groups excluding carboxylic acids is 3. The van der Waals surface area contributed by atoms with Gasteiger partial charge in [-0.05, 0) is 74.2 Å². The number of pyridine rings is 1. The van der Waals surface area contributed by atoms with Crippen molar-refractivity contribution in [2.24, 2.45) is 0 Å². The summed E-state index contributed by atoms with van der Waals surface area (Å²) >= 11 is 12.1. The van der Waals surface area contributed by atoms with E-state index in [2.05, 4.69) is 36.4 Å². The molecule has 44 heavy (non-hydrogen) atoms. The molecule has 1 aromatic heterocycles. The van der Waals surface area contributed by atoms with E-state index in [1.54, 1.807) is 35.2 Å². The van der Waals surface area contributed by atoms with Crippen molar-refractivity contribution in [3.8, 4) is 5.75 Å². The van der Waals surface area contributed by atoms with E-state index in [-0.39, 0.29) is 28.9 Å². The van der Waals surface area contributed by atoms with Gasteiger partial charge in [-0.15, -0.1) is 0 Å². The Balaban J connectivity index is 1.54. The van der Waals surface area contributed by atoms with Crippen molar-refractivity contribution in [1.29, 1.82) is 0 Å². The number of rotatable bonds is 6. The molecule has 0 bridgehead atoms. The van der Waals surface area contributed by atoms with Crippen LogP contribution >= 0.6 is 23.2 Å². The van der Waals surface area contributed by atoms with Crippen molar-refractivity contribution in [3.05, 3.63) is 81.5 Å². The first-order chi connectivity index (χ1) is 20.6. The van der Waals surface area contributed by atoms with Crippen molar-refractivity contribution < 1.29 is 23.9 Å². The van der Waals surface area contributed by atoms with Crippen molar-refractivity contribution in [2.45, 2.75) is 71.5 Å². The monoisotopic (exact) mass is 640 g/mol. The maximum atomic E-state index is 13.7. The van der Waals surface area contributed by atoms with E-state index in [0.717, 1.165) is 5.56 Å². The van der Waals surface area contributed by atoms with Gasteiger partial charge in [0.15, 0.2) is 0 Å².